The third kappa shape index (κ3) is 2.89. The number of aliphatic hydroxyl groups excluding tert-OH is 1. The van der Waals surface area contributed by atoms with Crippen LogP contribution in [0.5, 0.6) is 0 Å². The molecule has 0 aromatic carbocycles. The Balaban J connectivity index is 2.57. The Labute approximate surface area is 90.9 Å². The van der Waals surface area contributed by atoms with Gasteiger partial charge in [0.25, 0.3) is 0 Å². The monoisotopic (exact) mass is 217 g/mol. The third-order valence-electron chi connectivity index (χ3n) is 2.75. The molecule has 1 aliphatic rings. The molecular formula is C10H19NO2S. The van der Waals surface area contributed by atoms with E-state index in [9.17, 15) is 4.79 Å². The van der Waals surface area contributed by atoms with E-state index in [1.54, 1.807) is 11.8 Å². The van der Waals surface area contributed by atoms with Gasteiger partial charge in [-0.15, -0.1) is 0 Å². The van der Waals surface area contributed by atoms with Crippen molar-refractivity contribution in [1.29, 1.82) is 0 Å². The zero-order valence-electron chi connectivity index (χ0n) is 8.65. The number of hydrogen-bond donors (Lipinski definition) is 2. The standard InChI is InChI=1S/C10H19NO2S/c1-8(14)10(13)11(6-7-12)9-4-2-3-5-9/h8-9,12,14H,2-7H2,1H3. The van der Waals surface area contributed by atoms with Crippen LogP contribution >= 0.6 is 12.6 Å². The number of hydrogen-bond acceptors (Lipinski definition) is 3. The van der Waals surface area contributed by atoms with E-state index in [1.165, 1.54) is 12.8 Å². The highest BCUT2D eigenvalue weighted by molar-refractivity contribution is 7.81. The molecule has 1 amide bonds. The largest absolute Gasteiger partial charge is 0.395 e. The maximum Gasteiger partial charge on any atom is 0.235 e. The van der Waals surface area contributed by atoms with Crippen molar-refractivity contribution in [3.05, 3.63) is 0 Å². The minimum absolute atomic E-state index is 0.0444. The van der Waals surface area contributed by atoms with E-state index in [0.29, 0.717) is 12.6 Å². The van der Waals surface area contributed by atoms with E-state index in [-0.39, 0.29) is 17.8 Å². The van der Waals surface area contributed by atoms with Crippen molar-refractivity contribution >= 4 is 18.5 Å². The van der Waals surface area contributed by atoms with Crippen LogP contribution in [0.4, 0.5) is 0 Å². The predicted molar refractivity (Wildman–Crippen MR) is 59.5 cm³/mol. The van der Waals surface area contributed by atoms with Gasteiger partial charge in [0.2, 0.25) is 5.91 Å². The first-order valence-corrected chi connectivity index (χ1v) is 5.78. The van der Waals surface area contributed by atoms with Crippen LogP contribution < -0.4 is 0 Å². The Bertz CT molecular complexity index is 191. The zero-order chi connectivity index (χ0) is 10.6. The van der Waals surface area contributed by atoms with E-state index in [4.69, 9.17) is 5.11 Å². The van der Waals surface area contributed by atoms with Crippen LogP contribution in [0.2, 0.25) is 0 Å². The lowest BCUT2D eigenvalue weighted by Crippen LogP contribution is -2.43. The summed E-state index contributed by atoms with van der Waals surface area (Å²) in [6, 6.07) is 0.337. The first kappa shape index (κ1) is 11.9. The first-order valence-electron chi connectivity index (χ1n) is 5.26. The van der Waals surface area contributed by atoms with Crippen LogP contribution in [-0.4, -0.2) is 40.4 Å². The highest BCUT2D eigenvalue weighted by Crippen LogP contribution is 2.24. The minimum Gasteiger partial charge on any atom is -0.395 e. The second kappa shape index (κ2) is 5.61. The molecule has 0 heterocycles. The van der Waals surface area contributed by atoms with Gasteiger partial charge in [-0.2, -0.15) is 12.6 Å². The minimum atomic E-state index is -0.262. The average molecular weight is 217 g/mol. The number of rotatable bonds is 4. The topological polar surface area (TPSA) is 40.5 Å². The summed E-state index contributed by atoms with van der Waals surface area (Å²) < 4.78 is 0. The van der Waals surface area contributed by atoms with Crippen LogP contribution in [0.15, 0.2) is 0 Å². The molecule has 0 saturated heterocycles. The number of amides is 1. The summed E-state index contributed by atoms with van der Waals surface area (Å²) in [5.41, 5.74) is 0. The lowest BCUT2D eigenvalue weighted by Gasteiger charge is -2.29. The van der Waals surface area contributed by atoms with Crippen molar-refractivity contribution in [2.45, 2.75) is 43.9 Å². The molecule has 1 unspecified atom stereocenters. The molecule has 0 aromatic heterocycles. The van der Waals surface area contributed by atoms with Crippen molar-refractivity contribution in [2.75, 3.05) is 13.2 Å². The van der Waals surface area contributed by atoms with Gasteiger partial charge in [-0.3, -0.25) is 4.79 Å². The van der Waals surface area contributed by atoms with E-state index in [1.807, 2.05) is 0 Å². The fourth-order valence-electron chi connectivity index (χ4n) is 2.04. The van der Waals surface area contributed by atoms with Crippen LogP contribution in [0, 0.1) is 0 Å². The Hall–Kier alpha value is -0.220. The number of carbonyl (C=O) groups excluding carboxylic acids is 1. The van der Waals surface area contributed by atoms with Gasteiger partial charge >= 0.3 is 0 Å². The van der Waals surface area contributed by atoms with Crippen LogP contribution in [0.1, 0.15) is 32.6 Å². The van der Waals surface area contributed by atoms with Crippen LogP contribution in [0.3, 0.4) is 0 Å². The molecule has 0 radical (unpaired) electrons. The molecule has 3 nitrogen and oxygen atoms in total. The number of aliphatic hydroxyl groups is 1. The number of carbonyl (C=O) groups is 1. The molecule has 1 fully saturated rings. The molecule has 0 aromatic rings. The Kier molecular flexibility index (Phi) is 4.75. The third-order valence-corrected chi connectivity index (χ3v) is 2.97. The van der Waals surface area contributed by atoms with Gasteiger partial charge < -0.3 is 10.0 Å². The molecular weight excluding hydrogens is 198 g/mol. The summed E-state index contributed by atoms with van der Waals surface area (Å²) in [5, 5.41) is 8.65. The van der Waals surface area contributed by atoms with Crippen molar-refractivity contribution in [2.24, 2.45) is 0 Å². The molecule has 1 saturated carbocycles. The normalized spacial score (nSPS) is 19.6. The summed E-state index contributed by atoms with van der Waals surface area (Å²) in [7, 11) is 0. The van der Waals surface area contributed by atoms with E-state index in [0.717, 1.165) is 12.8 Å². The van der Waals surface area contributed by atoms with Crippen molar-refractivity contribution in [1.82, 2.24) is 4.90 Å². The second-order valence-electron chi connectivity index (χ2n) is 3.87. The fraction of sp³-hybridized carbons (Fsp3) is 0.900. The van der Waals surface area contributed by atoms with Gasteiger partial charge in [0.05, 0.1) is 11.9 Å². The molecule has 0 aliphatic heterocycles. The predicted octanol–water partition coefficient (Wildman–Crippen LogP) is 1.07. The average Bonchev–Trinajstić information content (AvgIpc) is 2.65. The summed E-state index contributed by atoms with van der Waals surface area (Å²) in [5.74, 6) is 0.0503. The number of nitrogens with zero attached hydrogens (tertiary/aromatic N) is 1. The van der Waals surface area contributed by atoms with Gasteiger partial charge in [-0.1, -0.05) is 12.8 Å². The molecule has 4 heteroatoms. The molecule has 1 rings (SSSR count). The molecule has 1 aliphatic carbocycles. The van der Waals surface area contributed by atoms with E-state index < -0.39 is 0 Å². The van der Waals surface area contributed by atoms with Gasteiger partial charge in [-0.05, 0) is 19.8 Å². The summed E-state index contributed by atoms with van der Waals surface area (Å²) >= 11 is 4.14. The lowest BCUT2D eigenvalue weighted by atomic mass is 10.2. The second-order valence-corrected chi connectivity index (χ2v) is 4.64. The molecule has 1 N–H and O–H groups in total. The maximum absolute atomic E-state index is 11.8. The highest BCUT2D eigenvalue weighted by atomic mass is 32.1. The molecule has 1 atom stereocenters. The summed E-state index contributed by atoms with van der Waals surface area (Å²) in [6.07, 6.45) is 4.54. The summed E-state index contributed by atoms with van der Waals surface area (Å²) in [6.45, 7) is 2.28. The molecule has 82 valence electrons. The molecule has 0 spiro atoms. The van der Waals surface area contributed by atoms with E-state index in [2.05, 4.69) is 12.6 Å². The Morgan fingerprint density at radius 3 is 2.57 bits per heavy atom. The highest BCUT2D eigenvalue weighted by Gasteiger charge is 2.27. The van der Waals surface area contributed by atoms with Gasteiger partial charge in [-0.25, -0.2) is 0 Å². The zero-order valence-corrected chi connectivity index (χ0v) is 9.54. The van der Waals surface area contributed by atoms with Gasteiger partial charge in [0.15, 0.2) is 0 Å². The van der Waals surface area contributed by atoms with Crippen LogP contribution in [0.25, 0.3) is 0 Å². The molecule has 0 bridgehead atoms. The SMILES string of the molecule is CC(S)C(=O)N(CCO)C1CCCC1. The van der Waals surface area contributed by atoms with Gasteiger partial charge in [0, 0.05) is 12.6 Å². The van der Waals surface area contributed by atoms with Gasteiger partial charge in [0.1, 0.15) is 0 Å². The van der Waals surface area contributed by atoms with Crippen LogP contribution in [-0.2, 0) is 4.79 Å². The molecule has 14 heavy (non-hydrogen) atoms. The smallest absolute Gasteiger partial charge is 0.235 e. The Morgan fingerprint density at radius 1 is 1.57 bits per heavy atom. The number of thiol groups is 1. The lowest BCUT2D eigenvalue weighted by molar-refractivity contribution is -0.133. The van der Waals surface area contributed by atoms with E-state index >= 15 is 0 Å². The quantitative estimate of drug-likeness (QED) is 0.692. The van der Waals surface area contributed by atoms with Crippen molar-refractivity contribution in [3.63, 3.8) is 0 Å². The maximum atomic E-state index is 11.8. The fourth-order valence-corrected chi connectivity index (χ4v) is 2.18. The van der Waals surface area contributed by atoms with Crippen molar-refractivity contribution < 1.29 is 9.90 Å². The van der Waals surface area contributed by atoms with Crippen molar-refractivity contribution in [3.8, 4) is 0 Å². The Morgan fingerprint density at radius 2 is 2.14 bits per heavy atom. The summed E-state index contributed by atoms with van der Waals surface area (Å²) in [4.78, 5) is 13.6. The first-order chi connectivity index (χ1) is 6.66.